The number of anilines is 1. The molecule has 2 rings (SSSR count). The van der Waals surface area contributed by atoms with Crippen LogP contribution < -0.4 is 5.32 Å². The summed E-state index contributed by atoms with van der Waals surface area (Å²) < 4.78 is 0. The lowest BCUT2D eigenvalue weighted by Crippen LogP contribution is -2.11. The van der Waals surface area contributed by atoms with E-state index in [0.717, 1.165) is 15.6 Å². The van der Waals surface area contributed by atoms with Crippen molar-refractivity contribution in [1.29, 1.82) is 0 Å². The van der Waals surface area contributed by atoms with Gasteiger partial charge in [0, 0.05) is 17.0 Å². The number of hydrogen-bond acceptors (Lipinski definition) is 5. The highest BCUT2D eigenvalue weighted by molar-refractivity contribution is 7.16. The summed E-state index contributed by atoms with van der Waals surface area (Å²) in [7, 11) is 0. The fourth-order valence-electron chi connectivity index (χ4n) is 1.44. The lowest BCUT2D eigenvalue weighted by molar-refractivity contribution is 0.103. The molecule has 0 aliphatic carbocycles. The van der Waals surface area contributed by atoms with Crippen molar-refractivity contribution in [1.82, 2.24) is 9.97 Å². The Labute approximate surface area is 114 Å². The molecule has 0 radical (unpaired) electrons. The van der Waals surface area contributed by atoms with Crippen LogP contribution in [0, 0.1) is 13.8 Å². The van der Waals surface area contributed by atoms with Gasteiger partial charge in [-0.15, -0.1) is 22.7 Å². The molecule has 0 bridgehead atoms. The van der Waals surface area contributed by atoms with Crippen LogP contribution in [0.15, 0.2) is 6.20 Å². The summed E-state index contributed by atoms with van der Waals surface area (Å²) in [5, 5.41) is 4.44. The molecule has 0 aliphatic heterocycles. The minimum atomic E-state index is -0.119. The molecule has 2 aromatic heterocycles. The van der Waals surface area contributed by atoms with Crippen molar-refractivity contribution in [3.8, 4) is 0 Å². The van der Waals surface area contributed by atoms with Crippen molar-refractivity contribution >= 4 is 33.7 Å². The first-order valence-corrected chi connectivity index (χ1v) is 7.31. The van der Waals surface area contributed by atoms with Gasteiger partial charge in [0.15, 0.2) is 5.13 Å². The molecule has 0 spiro atoms. The third-order valence-electron chi connectivity index (χ3n) is 2.36. The van der Waals surface area contributed by atoms with E-state index in [4.69, 9.17) is 0 Å². The standard InChI is InChI=1S/C12H15N3OS2/c1-6(2)11-14-8(4)9(18-11)10(16)15-12-13-5-7(3)17-12/h5-6H,1-4H3,(H,13,15,16). The average molecular weight is 281 g/mol. The topological polar surface area (TPSA) is 54.9 Å². The average Bonchev–Trinajstić information content (AvgIpc) is 2.85. The van der Waals surface area contributed by atoms with Gasteiger partial charge in [-0.1, -0.05) is 13.8 Å². The van der Waals surface area contributed by atoms with E-state index < -0.39 is 0 Å². The van der Waals surface area contributed by atoms with E-state index in [2.05, 4.69) is 29.1 Å². The van der Waals surface area contributed by atoms with Crippen molar-refractivity contribution in [3.05, 3.63) is 26.7 Å². The summed E-state index contributed by atoms with van der Waals surface area (Å²) in [4.78, 5) is 22.4. The van der Waals surface area contributed by atoms with E-state index in [1.807, 2.05) is 13.8 Å². The summed E-state index contributed by atoms with van der Waals surface area (Å²) in [6.07, 6.45) is 1.75. The fourth-order valence-corrected chi connectivity index (χ4v) is 3.07. The van der Waals surface area contributed by atoms with E-state index in [1.54, 1.807) is 6.20 Å². The number of carbonyl (C=O) groups is 1. The number of nitrogens with one attached hydrogen (secondary N) is 1. The van der Waals surface area contributed by atoms with E-state index in [1.165, 1.54) is 22.7 Å². The third kappa shape index (κ3) is 2.76. The molecule has 6 heteroatoms. The van der Waals surface area contributed by atoms with Gasteiger partial charge in [-0.3, -0.25) is 10.1 Å². The first kappa shape index (κ1) is 13.2. The molecule has 0 saturated carbocycles. The van der Waals surface area contributed by atoms with E-state index in [-0.39, 0.29) is 5.91 Å². The summed E-state index contributed by atoms with van der Waals surface area (Å²) in [6, 6.07) is 0. The molecule has 0 aromatic carbocycles. The van der Waals surface area contributed by atoms with Gasteiger partial charge in [-0.05, 0) is 13.8 Å². The molecule has 0 unspecified atom stereocenters. The second-order valence-corrected chi connectivity index (χ2v) is 6.62. The number of amides is 1. The lowest BCUT2D eigenvalue weighted by atomic mass is 10.2. The minimum absolute atomic E-state index is 0.119. The number of carbonyl (C=O) groups excluding carboxylic acids is 1. The molecule has 2 aromatic rings. The summed E-state index contributed by atoms with van der Waals surface area (Å²) >= 11 is 2.93. The summed E-state index contributed by atoms with van der Waals surface area (Å²) in [5.74, 6) is 0.226. The van der Waals surface area contributed by atoms with Crippen molar-refractivity contribution in [2.45, 2.75) is 33.6 Å². The highest BCUT2D eigenvalue weighted by Crippen LogP contribution is 2.26. The number of nitrogens with zero attached hydrogens (tertiary/aromatic N) is 2. The highest BCUT2D eigenvalue weighted by Gasteiger charge is 2.17. The van der Waals surface area contributed by atoms with Crippen LogP contribution in [-0.4, -0.2) is 15.9 Å². The van der Waals surface area contributed by atoms with Gasteiger partial charge in [0.05, 0.1) is 10.7 Å². The van der Waals surface area contributed by atoms with Crippen LogP contribution in [0.4, 0.5) is 5.13 Å². The van der Waals surface area contributed by atoms with Crippen molar-refractivity contribution in [2.24, 2.45) is 0 Å². The van der Waals surface area contributed by atoms with Crippen LogP contribution in [0.2, 0.25) is 0 Å². The molecule has 96 valence electrons. The minimum Gasteiger partial charge on any atom is -0.297 e. The molecule has 0 atom stereocenters. The Hall–Kier alpha value is -1.27. The number of aryl methyl sites for hydroxylation is 2. The van der Waals surface area contributed by atoms with Crippen molar-refractivity contribution in [2.75, 3.05) is 5.32 Å². The van der Waals surface area contributed by atoms with Gasteiger partial charge in [0.1, 0.15) is 4.88 Å². The Kier molecular flexibility index (Phi) is 3.77. The maximum absolute atomic E-state index is 12.1. The van der Waals surface area contributed by atoms with Gasteiger partial charge in [0.2, 0.25) is 0 Å². The van der Waals surface area contributed by atoms with E-state index in [0.29, 0.717) is 15.9 Å². The number of aromatic nitrogens is 2. The van der Waals surface area contributed by atoms with Crippen LogP contribution in [0.3, 0.4) is 0 Å². The van der Waals surface area contributed by atoms with Crippen LogP contribution in [0.5, 0.6) is 0 Å². The van der Waals surface area contributed by atoms with Crippen LogP contribution in [0.25, 0.3) is 0 Å². The van der Waals surface area contributed by atoms with Crippen molar-refractivity contribution < 1.29 is 4.79 Å². The molecule has 0 aliphatic rings. The third-order valence-corrected chi connectivity index (χ3v) is 4.64. The monoisotopic (exact) mass is 281 g/mol. The Morgan fingerprint density at radius 2 is 2.06 bits per heavy atom. The largest absolute Gasteiger partial charge is 0.297 e. The molecular weight excluding hydrogens is 266 g/mol. The molecule has 18 heavy (non-hydrogen) atoms. The van der Waals surface area contributed by atoms with E-state index in [9.17, 15) is 4.79 Å². The van der Waals surface area contributed by atoms with Crippen molar-refractivity contribution in [3.63, 3.8) is 0 Å². The number of hydrogen-bond donors (Lipinski definition) is 1. The van der Waals surface area contributed by atoms with Gasteiger partial charge in [0.25, 0.3) is 5.91 Å². The van der Waals surface area contributed by atoms with Gasteiger partial charge in [-0.2, -0.15) is 0 Å². The zero-order chi connectivity index (χ0) is 13.3. The van der Waals surface area contributed by atoms with Gasteiger partial charge < -0.3 is 0 Å². The summed E-state index contributed by atoms with van der Waals surface area (Å²) in [6.45, 7) is 7.97. The smallest absolute Gasteiger partial charge is 0.269 e. The second-order valence-electron chi connectivity index (χ2n) is 4.35. The first-order valence-electron chi connectivity index (χ1n) is 5.68. The Morgan fingerprint density at radius 1 is 1.33 bits per heavy atom. The molecule has 1 N–H and O–H groups in total. The van der Waals surface area contributed by atoms with Gasteiger partial charge >= 0.3 is 0 Å². The second kappa shape index (κ2) is 5.16. The number of rotatable bonds is 3. The molecule has 2 heterocycles. The molecular formula is C12H15N3OS2. The fraction of sp³-hybridized carbons (Fsp3) is 0.417. The van der Waals surface area contributed by atoms with Crippen LogP contribution in [-0.2, 0) is 0 Å². The first-order chi connectivity index (χ1) is 8.47. The number of thiazole rings is 2. The zero-order valence-electron chi connectivity index (χ0n) is 10.8. The maximum Gasteiger partial charge on any atom is 0.269 e. The Bertz CT molecular complexity index is 572. The van der Waals surface area contributed by atoms with Crippen LogP contribution >= 0.6 is 22.7 Å². The molecule has 1 amide bonds. The highest BCUT2D eigenvalue weighted by atomic mass is 32.1. The van der Waals surface area contributed by atoms with E-state index >= 15 is 0 Å². The summed E-state index contributed by atoms with van der Waals surface area (Å²) in [5.41, 5.74) is 0.787. The Morgan fingerprint density at radius 3 is 2.56 bits per heavy atom. The normalized spacial score (nSPS) is 10.9. The molecule has 0 fully saturated rings. The van der Waals surface area contributed by atoms with Gasteiger partial charge in [-0.25, -0.2) is 9.97 Å². The molecule has 0 saturated heterocycles. The molecule has 4 nitrogen and oxygen atoms in total. The quantitative estimate of drug-likeness (QED) is 0.935. The SMILES string of the molecule is Cc1cnc(NC(=O)c2sc(C(C)C)nc2C)s1. The lowest BCUT2D eigenvalue weighted by Gasteiger charge is -1.98. The van der Waals surface area contributed by atoms with Crippen LogP contribution in [0.1, 0.15) is 45.0 Å². The predicted molar refractivity (Wildman–Crippen MR) is 75.7 cm³/mol. The zero-order valence-corrected chi connectivity index (χ0v) is 12.4. The predicted octanol–water partition coefficient (Wildman–Crippen LogP) is 3.59. The maximum atomic E-state index is 12.1. The Balaban J connectivity index is 2.18.